The molecule has 3 N–H and O–H groups in total. The monoisotopic (exact) mass is 526 g/mol. The van der Waals surface area contributed by atoms with Crippen LogP contribution in [0.1, 0.15) is 119 Å². The molecule has 0 aliphatic heterocycles. The Morgan fingerprint density at radius 2 is 1.49 bits per heavy atom. The minimum atomic E-state index is -0.781. The molecule has 8 unspecified atom stereocenters. The van der Waals surface area contributed by atoms with E-state index in [0.717, 1.165) is 44.9 Å². The number of aliphatic hydroxyl groups excluding tert-OH is 1. The molecule has 0 bridgehead atoms. The van der Waals surface area contributed by atoms with Crippen molar-refractivity contribution in [3.63, 3.8) is 0 Å². The second-order valence-corrected chi connectivity index (χ2v) is 12.5. The maximum Gasteiger partial charge on any atom is 0.308 e. The molecule has 6 heteroatoms. The molecule has 0 amide bonds. The van der Waals surface area contributed by atoms with Crippen molar-refractivity contribution in [2.75, 3.05) is 13.7 Å². The molecular weight excluding hydrogens is 468 g/mol. The average Bonchev–Trinajstić information content (AvgIpc) is 2.82. The molecule has 37 heavy (non-hydrogen) atoms. The van der Waals surface area contributed by atoms with Gasteiger partial charge in [-0.25, -0.2) is 0 Å². The highest BCUT2D eigenvalue weighted by atomic mass is 16.5. The zero-order valence-corrected chi connectivity index (χ0v) is 25.1. The minimum Gasteiger partial charge on any atom is -0.469 e. The van der Waals surface area contributed by atoms with Crippen LogP contribution in [0.5, 0.6) is 0 Å². The number of hydrogen-bond donors (Lipinski definition) is 3. The van der Waals surface area contributed by atoms with Gasteiger partial charge in [0.05, 0.1) is 36.4 Å². The third-order valence-electron chi connectivity index (χ3n) is 8.67. The highest BCUT2D eigenvalue weighted by Gasteiger charge is 2.34. The van der Waals surface area contributed by atoms with Crippen LogP contribution in [0.25, 0.3) is 0 Å². The van der Waals surface area contributed by atoms with Gasteiger partial charge in [0, 0.05) is 6.61 Å². The number of rotatable bonds is 18. The van der Waals surface area contributed by atoms with Crippen LogP contribution in [0.3, 0.4) is 0 Å². The van der Waals surface area contributed by atoms with Gasteiger partial charge in [-0.05, 0) is 102 Å². The molecule has 1 rings (SSSR count). The zero-order valence-electron chi connectivity index (χ0n) is 25.1. The summed E-state index contributed by atoms with van der Waals surface area (Å²) in [5.41, 5.74) is -0.265. The van der Waals surface area contributed by atoms with Gasteiger partial charge < -0.3 is 24.8 Å². The largest absolute Gasteiger partial charge is 0.469 e. The summed E-state index contributed by atoms with van der Waals surface area (Å²) >= 11 is 0. The lowest BCUT2D eigenvalue weighted by molar-refractivity contribution is -0.145. The Morgan fingerprint density at radius 3 is 2.03 bits per heavy atom. The predicted molar refractivity (Wildman–Crippen MR) is 150 cm³/mol. The Bertz CT molecular complexity index is 685. The van der Waals surface area contributed by atoms with E-state index in [2.05, 4.69) is 20.8 Å². The van der Waals surface area contributed by atoms with Gasteiger partial charge in [-0.15, -0.1) is 0 Å². The van der Waals surface area contributed by atoms with Gasteiger partial charge in [-0.1, -0.05) is 46.6 Å². The Balaban J connectivity index is 2.34. The highest BCUT2D eigenvalue weighted by molar-refractivity contribution is 5.71. The summed E-state index contributed by atoms with van der Waals surface area (Å²) < 4.78 is 10.8. The molecule has 0 saturated carbocycles. The summed E-state index contributed by atoms with van der Waals surface area (Å²) in [6, 6.07) is 0. The van der Waals surface area contributed by atoms with E-state index in [1.54, 1.807) is 0 Å². The van der Waals surface area contributed by atoms with Crippen LogP contribution in [-0.4, -0.2) is 58.4 Å². The van der Waals surface area contributed by atoms with Gasteiger partial charge in [-0.3, -0.25) is 4.79 Å². The Morgan fingerprint density at radius 1 is 0.946 bits per heavy atom. The van der Waals surface area contributed by atoms with Crippen molar-refractivity contribution in [1.29, 1.82) is 0 Å². The number of hydrogen-bond acceptors (Lipinski definition) is 6. The van der Waals surface area contributed by atoms with Gasteiger partial charge in [0.2, 0.25) is 0 Å². The molecule has 0 aromatic rings. The smallest absolute Gasteiger partial charge is 0.308 e. The van der Waals surface area contributed by atoms with Crippen LogP contribution in [0.15, 0.2) is 11.6 Å². The van der Waals surface area contributed by atoms with E-state index in [4.69, 9.17) is 9.47 Å². The predicted octanol–water partition coefficient (Wildman–Crippen LogP) is 6.20. The fraction of sp³-hybridized carbons (Fsp3) is 0.903. The van der Waals surface area contributed by atoms with Gasteiger partial charge in [0.25, 0.3) is 0 Å². The van der Waals surface area contributed by atoms with E-state index >= 15 is 0 Å². The summed E-state index contributed by atoms with van der Waals surface area (Å²) in [4.78, 5) is 11.5. The van der Waals surface area contributed by atoms with Crippen LogP contribution in [0, 0.1) is 23.7 Å². The number of esters is 1. The van der Waals surface area contributed by atoms with Crippen molar-refractivity contribution in [1.82, 2.24) is 0 Å². The summed E-state index contributed by atoms with van der Waals surface area (Å²) in [5.74, 6) is 0.712. The average molecular weight is 527 g/mol. The van der Waals surface area contributed by atoms with Gasteiger partial charge >= 0.3 is 5.97 Å². The summed E-state index contributed by atoms with van der Waals surface area (Å²) in [6.07, 6.45) is 10.7. The second-order valence-electron chi connectivity index (χ2n) is 12.5. The minimum absolute atomic E-state index is 0.102. The Kier molecular flexibility index (Phi) is 14.9. The van der Waals surface area contributed by atoms with Crippen molar-refractivity contribution in [3.05, 3.63) is 11.6 Å². The Hall–Kier alpha value is -0.950. The molecular formula is C31H58O6. The normalized spacial score (nSPS) is 27.1. The maximum atomic E-state index is 11.5. The van der Waals surface area contributed by atoms with E-state index < -0.39 is 17.3 Å². The summed E-state index contributed by atoms with van der Waals surface area (Å²) in [7, 11) is 1.40. The first-order valence-corrected chi connectivity index (χ1v) is 14.8. The van der Waals surface area contributed by atoms with Crippen molar-refractivity contribution in [3.8, 4) is 0 Å². The molecule has 1 aliphatic rings. The van der Waals surface area contributed by atoms with Gasteiger partial charge in [-0.2, -0.15) is 0 Å². The van der Waals surface area contributed by atoms with Crippen LogP contribution < -0.4 is 0 Å². The van der Waals surface area contributed by atoms with Crippen molar-refractivity contribution < 1.29 is 29.6 Å². The number of carbonyl (C=O) groups excluding carboxylic acids is 1. The topological polar surface area (TPSA) is 96.2 Å². The van der Waals surface area contributed by atoms with Crippen molar-refractivity contribution in [2.24, 2.45) is 23.7 Å². The molecule has 0 radical (unpaired) electrons. The lowest BCUT2D eigenvalue weighted by atomic mass is 9.76. The number of ether oxygens (including phenoxy) is 2. The van der Waals surface area contributed by atoms with Crippen LogP contribution >= 0.6 is 0 Å². The van der Waals surface area contributed by atoms with Crippen molar-refractivity contribution >= 4 is 5.97 Å². The van der Waals surface area contributed by atoms with Crippen LogP contribution in [0.2, 0.25) is 0 Å². The third-order valence-corrected chi connectivity index (χ3v) is 8.67. The SMILES string of the molecule is CCOC1C(CCC(C)CCCC(C)(O)CCCC(C)(O)CCCC(C)C(=O)OC)=CC(O)C(C)C1C. The lowest BCUT2D eigenvalue weighted by Crippen LogP contribution is -2.39. The molecule has 0 aromatic heterocycles. The van der Waals surface area contributed by atoms with Crippen LogP contribution in [-0.2, 0) is 14.3 Å². The standard InChI is InChI=1S/C31H58O6/c1-9-37-28-25(5)24(4)27(32)21-26(28)16-15-22(2)13-10-17-30(6,34)19-12-20-31(7,35)18-11-14-23(3)29(33)36-8/h21-25,27-28,32,34-35H,9-20H2,1-8H3. The van der Waals surface area contributed by atoms with Gasteiger partial charge in [0.1, 0.15) is 0 Å². The summed E-state index contributed by atoms with van der Waals surface area (Å²) in [6.45, 7) is 14.9. The second kappa shape index (κ2) is 16.2. The third kappa shape index (κ3) is 12.6. The van der Waals surface area contributed by atoms with Gasteiger partial charge in [0.15, 0.2) is 0 Å². The number of methoxy groups -OCH3 is 1. The lowest BCUT2D eigenvalue weighted by Gasteiger charge is -2.37. The molecule has 0 aromatic carbocycles. The fourth-order valence-electron chi connectivity index (χ4n) is 5.65. The van der Waals surface area contributed by atoms with Crippen LogP contribution in [0.4, 0.5) is 0 Å². The molecule has 0 saturated heterocycles. The van der Waals surface area contributed by atoms with E-state index in [1.807, 2.05) is 33.8 Å². The van der Waals surface area contributed by atoms with E-state index in [0.29, 0.717) is 44.1 Å². The zero-order chi connectivity index (χ0) is 28.2. The first kappa shape index (κ1) is 34.1. The molecule has 0 spiro atoms. The van der Waals surface area contributed by atoms with E-state index in [-0.39, 0.29) is 23.9 Å². The quantitative estimate of drug-likeness (QED) is 0.145. The summed E-state index contributed by atoms with van der Waals surface area (Å²) in [5, 5.41) is 32.0. The van der Waals surface area contributed by atoms with E-state index in [1.165, 1.54) is 12.7 Å². The maximum absolute atomic E-state index is 11.5. The molecule has 6 nitrogen and oxygen atoms in total. The molecule has 0 fully saturated rings. The fourth-order valence-corrected chi connectivity index (χ4v) is 5.65. The molecule has 1 aliphatic carbocycles. The first-order chi connectivity index (χ1) is 17.2. The van der Waals surface area contributed by atoms with Crippen molar-refractivity contribution in [2.45, 2.75) is 143 Å². The molecule has 8 atom stereocenters. The highest BCUT2D eigenvalue weighted by Crippen LogP contribution is 2.35. The number of aliphatic hydroxyl groups is 3. The number of carbonyl (C=O) groups is 1. The molecule has 0 heterocycles. The molecule has 218 valence electrons. The van der Waals surface area contributed by atoms with E-state index in [9.17, 15) is 20.1 Å². The first-order valence-electron chi connectivity index (χ1n) is 14.8. The Labute approximate surface area is 227 Å².